The van der Waals surface area contributed by atoms with Gasteiger partial charge in [0.25, 0.3) is 5.78 Å². The first-order valence-corrected chi connectivity index (χ1v) is 11.8. The van der Waals surface area contributed by atoms with Gasteiger partial charge in [0.05, 0.1) is 21.8 Å². The number of thiazole rings is 1. The number of aromatic nitrogens is 2. The van der Waals surface area contributed by atoms with Gasteiger partial charge in [-0.25, -0.2) is 9.37 Å². The monoisotopic (exact) mass is 487 g/mol. The number of rotatable bonds is 3. The molecule has 0 radical (unpaired) electrons. The maximum Gasteiger partial charge on any atom is 0.301 e. The molecule has 1 amide bonds. The van der Waals surface area contributed by atoms with Crippen molar-refractivity contribution < 1.29 is 23.8 Å². The number of nitrogens with zero attached hydrogens (tertiary/aromatic N) is 3. The molecule has 4 aromatic rings. The number of amides is 1. The van der Waals surface area contributed by atoms with Crippen molar-refractivity contribution in [2.45, 2.75) is 25.5 Å². The fourth-order valence-corrected chi connectivity index (χ4v) is 5.61. The zero-order valence-electron chi connectivity index (χ0n) is 18.4. The molecule has 1 fully saturated rings. The van der Waals surface area contributed by atoms with E-state index in [4.69, 9.17) is 4.74 Å². The van der Waals surface area contributed by atoms with E-state index in [-0.39, 0.29) is 22.6 Å². The lowest BCUT2D eigenvalue weighted by Gasteiger charge is -2.22. The number of benzene rings is 2. The van der Waals surface area contributed by atoms with Crippen molar-refractivity contribution in [2.24, 2.45) is 0 Å². The molecule has 0 bridgehead atoms. The van der Waals surface area contributed by atoms with Crippen LogP contribution in [0.15, 0.2) is 66.5 Å². The van der Waals surface area contributed by atoms with E-state index < -0.39 is 23.5 Å². The highest BCUT2D eigenvalue weighted by molar-refractivity contribution is 7.22. The highest BCUT2D eigenvalue weighted by atomic mass is 32.1. The number of halogens is 1. The average Bonchev–Trinajstić information content (AvgIpc) is 3.51. The van der Waals surface area contributed by atoms with Gasteiger partial charge in [-0.2, -0.15) is 0 Å². The van der Waals surface area contributed by atoms with Crippen molar-refractivity contribution in [3.05, 3.63) is 89.0 Å². The molecule has 1 N–H and O–H groups in total. The predicted molar refractivity (Wildman–Crippen MR) is 129 cm³/mol. The molecule has 35 heavy (non-hydrogen) atoms. The summed E-state index contributed by atoms with van der Waals surface area (Å²) in [5, 5.41) is 11.6. The van der Waals surface area contributed by atoms with Crippen molar-refractivity contribution in [3.63, 3.8) is 0 Å². The van der Waals surface area contributed by atoms with Gasteiger partial charge in [-0.3, -0.25) is 19.5 Å². The third kappa shape index (κ3) is 3.47. The van der Waals surface area contributed by atoms with Gasteiger partial charge in [0.2, 0.25) is 0 Å². The normalized spacial score (nSPS) is 20.9. The number of fused-ring (bicyclic) bond motifs is 2. The van der Waals surface area contributed by atoms with Gasteiger partial charge in [-0.1, -0.05) is 17.4 Å². The van der Waals surface area contributed by atoms with E-state index in [0.717, 1.165) is 22.6 Å². The second-order valence-electron chi connectivity index (χ2n) is 8.52. The van der Waals surface area contributed by atoms with Gasteiger partial charge in [-0.05, 0) is 60.5 Å². The highest BCUT2D eigenvalue weighted by Gasteiger charge is 2.48. The van der Waals surface area contributed by atoms with Crippen molar-refractivity contribution in [1.29, 1.82) is 0 Å². The first kappa shape index (κ1) is 21.4. The summed E-state index contributed by atoms with van der Waals surface area (Å²) >= 11 is 1.10. The summed E-state index contributed by atoms with van der Waals surface area (Å²) in [7, 11) is 0. The second-order valence-corrected chi connectivity index (χ2v) is 9.53. The van der Waals surface area contributed by atoms with E-state index in [1.54, 1.807) is 42.7 Å². The maximum absolute atomic E-state index is 13.8. The zero-order valence-corrected chi connectivity index (χ0v) is 19.3. The molecule has 2 aliphatic rings. The lowest BCUT2D eigenvalue weighted by atomic mass is 9.95. The Kier molecular flexibility index (Phi) is 4.89. The van der Waals surface area contributed by atoms with E-state index >= 15 is 0 Å². The summed E-state index contributed by atoms with van der Waals surface area (Å²) in [6, 6.07) is 11.8. The van der Waals surface area contributed by atoms with Crippen LogP contribution >= 0.6 is 11.3 Å². The number of ether oxygens (including phenoxy) is 1. The summed E-state index contributed by atoms with van der Waals surface area (Å²) < 4.78 is 20.0. The van der Waals surface area contributed by atoms with E-state index in [0.29, 0.717) is 27.8 Å². The number of hydrogen-bond donors (Lipinski definition) is 1. The van der Waals surface area contributed by atoms with Crippen LogP contribution in [-0.4, -0.2) is 32.9 Å². The van der Waals surface area contributed by atoms with Gasteiger partial charge >= 0.3 is 5.91 Å². The Labute approximate surface area is 203 Å². The molecule has 6 rings (SSSR count). The molecule has 7 nitrogen and oxygen atoms in total. The molecule has 174 valence electrons. The predicted octanol–water partition coefficient (Wildman–Crippen LogP) is 4.78. The number of Topliss-reactive ketones (excluding diaryl/α,β-unsaturated/α-hetero) is 1. The zero-order chi connectivity index (χ0) is 24.3. The Bertz CT molecular complexity index is 1550. The van der Waals surface area contributed by atoms with Crippen LogP contribution in [0.3, 0.4) is 0 Å². The SMILES string of the molecule is C[C@@H]1Cc2cc(C(O)=C3C(=O)C(=O)N(c4nc5ccc(F)cc5s4)[C@@H]3c3cccnc3)ccc2O1. The molecular weight excluding hydrogens is 469 g/mol. The van der Waals surface area contributed by atoms with Crippen molar-refractivity contribution in [1.82, 2.24) is 9.97 Å². The van der Waals surface area contributed by atoms with Gasteiger partial charge in [0.1, 0.15) is 23.4 Å². The summed E-state index contributed by atoms with van der Waals surface area (Å²) in [5.74, 6) is -1.62. The minimum atomic E-state index is -0.947. The topological polar surface area (TPSA) is 92.6 Å². The van der Waals surface area contributed by atoms with E-state index in [2.05, 4.69) is 9.97 Å². The quantitative estimate of drug-likeness (QED) is 0.254. The highest BCUT2D eigenvalue weighted by Crippen LogP contribution is 2.44. The lowest BCUT2D eigenvalue weighted by Crippen LogP contribution is -2.29. The first-order chi connectivity index (χ1) is 16.9. The number of aliphatic hydroxyl groups is 1. The minimum absolute atomic E-state index is 0.0206. The lowest BCUT2D eigenvalue weighted by molar-refractivity contribution is -0.132. The van der Waals surface area contributed by atoms with Crippen molar-refractivity contribution >= 4 is 44.1 Å². The Hall–Kier alpha value is -4.11. The van der Waals surface area contributed by atoms with Gasteiger partial charge in [0.15, 0.2) is 5.13 Å². The van der Waals surface area contributed by atoms with Crippen LogP contribution in [0.4, 0.5) is 9.52 Å². The molecule has 2 aromatic carbocycles. The summed E-state index contributed by atoms with van der Waals surface area (Å²) in [4.78, 5) is 36.5. The van der Waals surface area contributed by atoms with Gasteiger partial charge in [0, 0.05) is 24.4 Å². The molecule has 4 heterocycles. The number of aliphatic hydroxyl groups excluding tert-OH is 1. The fraction of sp³-hybridized carbons (Fsp3) is 0.154. The third-order valence-electron chi connectivity index (χ3n) is 6.16. The molecular formula is C26H18FN3O4S. The maximum atomic E-state index is 13.8. The molecule has 2 aromatic heterocycles. The van der Waals surface area contributed by atoms with Crippen LogP contribution in [0.2, 0.25) is 0 Å². The summed E-state index contributed by atoms with van der Waals surface area (Å²) in [6.45, 7) is 1.96. The van der Waals surface area contributed by atoms with E-state index in [1.807, 2.05) is 6.92 Å². The first-order valence-electron chi connectivity index (χ1n) is 11.0. The van der Waals surface area contributed by atoms with Crippen LogP contribution in [0.25, 0.3) is 16.0 Å². The molecule has 0 saturated carbocycles. The van der Waals surface area contributed by atoms with Crippen LogP contribution in [0, 0.1) is 5.82 Å². The number of ketones is 1. The largest absolute Gasteiger partial charge is 0.507 e. The summed E-state index contributed by atoms with van der Waals surface area (Å²) in [5.41, 5.74) is 2.32. The molecule has 9 heteroatoms. The van der Waals surface area contributed by atoms with Crippen molar-refractivity contribution in [2.75, 3.05) is 4.90 Å². The Morgan fingerprint density at radius 1 is 1.20 bits per heavy atom. The minimum Gasteiger partial charge on any atom is -0.507 e. The van der Waals surface area contributed by atoms with Crippen LogP contribution in [0.1, 0.15) is 29.7 Å². The van der Waals surface area contributed by atoms with Crippen LogP contribution < -0.4 is 9.64 Å². The molecule has 0 aliphatic carbocycles. The number of pyridine rings is 1. The van der Waals surface area contributed by atoms with E-state index in [9.17, 15) is 19.1 Å². The fourth-order valence-electron chi connectivity index (χ4n) is 4.60. The smallest absolute Gasteiger partial charge is 0.301 e. The third-order valence-corrected chi connectivity index (χ3v) is 7.18. The number of hydrogen-bond acceptors (Lipinski definition) is 7. The van der Waals surface area contributed by atoms with Crippen LogP contribution in [0.5, 0.6) is 5.75 Å². The second kappa shape index (κ2) is 7.99. The molecule has 1 saturated heterocycles. The standard InChI is InChI=1S/C26H18FN3O4S/c1-13-9-16-10-14(4-7-19(16)34-13)23(31)21-22(15-3-2-8-28-12-15)30(25(33)24(21)32)26-29-18-6-5-17(27)11-20(18)35-26/h2-8,10-13,22,31H,9H2,1H3/t13-,22-/m1/s1. The number of carbonyl (C=O) groups is 2. The Morgan fingerprint density at radius 3 is 2.86 bits per heavy atom. The van der Waals surface area contributed by atoms with Crippen LogP contribution in [-0.2, 0) is 16.0 Å². The number of carbonyl (C=O) groups excluding carboxylic acids is 2. The Balaban J connectivity index is 1.53. The van der Waals surface area contributed by atoms with Gasteiger partial charge < -0.3 is 9.84 Å². The number of anilines is 1. The van der Waals surface area contributed by atoms with E-state index in [1.165, 1.54) is 23.1 Å². The molecule has 2 atom stereocenters. The molecule has 0 unspecified atom stereocenters. The average molecular weight is 488 g/mol. The summed E-state index contributed by atoms with van der Waals surface area (Å²) in [6.07, 6.45) is 3.83. The van der Waals surface area contributed by atoms with Crippen molar-refractivity contribution in [3.8, 4) is 5.75 Å². The Morgan fingerprint density at radius 2 is 2.06 bits per heavy atom. The molecule has 2 aliphatic heterocycles. The van der Waals surface area contributed by atoms with Gasteiger partial charge in [-0.15, -0.1) is 0 Å². The molecule has 0 spiro atoms.